The second kappa shape index (κ2) is 4.31. The van der Waals surface area contributed by atoms with Crippen molar-refractivity contribution in [3.63, 3.8) is 0 Å². The Morgan fingerprint density at radius 2 is 1.81 bits per heavy atom. The summed E-state index contributed by atoms with van der Waals surface area (Å²) in [6, 6.07) is 15.8. The third-order valence-corrected chi connectivity index (χ3v) is 3.68. The first-order valence-electron chi connectivity index (χ1n) is 6.79. The fourth-order valence-corrected chi connectivity index (χ4v) is 2.55. The van der Waals surface area contributed by atoms with Gasteiger partial charge in [0.1, 0.15) is 0 Å². The van der Waals surface area contributed by atoms with E-state index in [1.807, 2.05) is 55.5 Å². The Hall–Kier alpha value is -2.88. The minimum Gasteiger partial charge on any atom is -0.306 e. The van der Waals surface area contributed by atoms with Crippen LogP contribution in [0.1, 0.15) is 5.56 Å². The maximum absolute atomic E-state index is 12.2. The molecule has 2 aromatic heterocycles. The molecule has 0 atom stereocenters. The maximum atomic E-state index is 12.2. The number of rotatable bonds is 1. The van der Waals surface area contributed by atoms with Gasteiger partial charge in [-0.05, 0) is 19.1 Å². The van der Waals surface area contributed by atoms with Gasteiger partial charge in [-0.3, -0.25) is 4.40 Å². The van der Waals surface area contributed by atoms with Crippen LogP contribution in [-0.4, -0.2) is 14.4 Å². The number of H-pyrrole nitrogens is 1. The first-order valence-corrected chi connectivity index (χ1v) is 6.79. The highest BCUT2D eigenvalue weighted by Gasteiger charge is 2.09. The normalized spacial score (nSPS) is 11.3. The van der Waals surface area contributed by atoms with Crippen molar-refractivity contribution < 1.29 is 0 Å². The van der Waals surface area contributed by atoms with Gasteiger partial charge in [-0.25, -0.2) is 9.78 Å². The Morgan fingerprint density at radius 3 is 2.62 bits per heavy atom. The van der Waals surface area contributed by atoms with Crippen LogP contribution in [0.2, 0.25) is 0 Å². The molecule has 4 rings (SSSR count). The van der Waals surface area contributed by atoms with Gasteiger partial charge in [0.25, 0.3) is 0 Å². The van der Waals surface area contributed by atoms with Gasteiger partial charge >= 0.3 is 5.69 Å². The molecular weight excluding hydrogens is 262 g/mol. The zero-order valence-electron chi connectivity index (χ0n) is 11.5. The lowest BCUT2D eigenvalue weighted by molar-refractivity contribution is 1.03. The number of para-hydroxylation sites is 1. The van der Waals surface area contributed by atoms with Crippen molar-refractivity contribution in [3.05, 3.63) is 70.8 Å². The predicted octanol–water partition coefficient (Wildman–Crippen LogP) is 3.15. The molecule has 4 nitrogen and oxygen atoms in total. The standard InChI is InChI=1S/C17H13N3O/c1-11-6-8-12(9-7-11)15-10-20-16(18-15)13-4-2-3-5-14(13)19-17(20)21/h2-10H,1H3,(H,19,21). The molecule has 0 aliphatic heterocycles. The van der Waals surface area contributed by atoms with Crippen LogP contribution in [0.15, 0.2) is 59.5 Å². The van der Waals surface area contributed by atoms with E-state index in [9.17, 15) is 4.79 Å². The van der Waals surface area contributed by atoms with Crippen molar-refractivity contribution in [1.82, 2.24) is 14.4 Å². The van der Waals surface area contributed by atoms with Crippen molar-refractivity contribution in [2.75, 3.05) is 0 Å². The zero-order chi connectivity index (χ0) is 14.4. The Morgan fingerprint density at radius 1 is 1.05 bits per heavy atom. The van der Waals surface area contributed by atoms with E-state index in [4.69, 9.17) is 0 Å². The molecule has 0 amide bonds. The minimum atomic E-state index is -0.172. The Balaban J connectivity index is 2.05. The van der Waals surface area contributed by atoms with Crippen LogP contribution in [0.3, 0.4) is 0 Å². The first kappa shape index (κ1) is 11.9. The topological polar surface area (TPSA) is 50.2 Å². The van der Waals surface area contributed by atoms with Gasteiger partial charge < -0.3 is 4.98 Å². The van der Waals surface area contributed by atoms with E-state index in [0.717, 1.165) is 22.2 Å². The lowest BCUT2D eigenvalue weighted by atomic mass is 10.1. The SMILES string of the molecule is Cc1ccc(-c2cn3c(=O)[nH]c4ccccc4c3n2)cc1. The zero-order valence-corrected chi connectivity index (χ0v) is 11.5. The van der Waals surface area contributed by atoms with Crippen LogP contribution < -0.4 is 5.69 Å². The molecule has 0 fully saturated rings. The van der Waals surface area contributed by atoms with E-state index in [-0.39, 0.29) is 5.69 Å². The molecule has 4 heteroatoms. The highest BCUT2D eigenvalue weighted by Crippen LogP contribution is 2.22. The van der Waals surface area contributed by atoms with E-state index in [0.29, 0.717) is 5.65 Å². The fourth-order valence-electron chi connectivity index (χ4n) is 2.55. The van der Waals surface area contributed by atoms with Crippen molar-refractivity contribution in [3.8, 4) is 11.3 Å². The van der Waals surface area contributed by atoms with Gasteiger partial charge in [-0.1, -0.05) is 42.0 Å². The maximum Gasteiger partial charge on any atom is 0.331 e. The summed E-state index contributed by atoms with van der Waals surface area (Å²) in [5, 5.41) is 0.940. The molecule has 21 heavy (non-hydrogen) atoms. The number of aromatic amines is 1. The van der Waals surface area contributed by atoms with Gasteiger partial charge in [-0.2, -0.15) is 0 Å². The van der Waals surface area contributed by atoms with Crippen LogP contribution in [0.5, 0.6) is 0 Å². The molecule has 0 aliphatic rings. The average Bonchev–Trinajstić information content (AvgIpc) is 2.94. The third kappa shape index (κ3) is 1.84. The molecule has 0 aliphatic carbocycles. The predicted molar refractivity (Wildman–Crippen MR) is 83.5 cm³/mol. The van der Waals surface area contributed by atoms with Crippen LogP contribution in [0.25, 0.3) is 27.8 Å². The van der Waals surface area contributed by atoms with Gasteiger partial charge in [0.2, 0.25) is 0 Å². The number of fused-ring (bicyclic) bond motifs is 3. The molecule has 102 valence electrons. The van der Waals surface area contributed by atoms with Crippen molar-refractivity contribution >= 4 is 16.6 Å². The quantitative estimate of drug-likeness (QED) is 0.580. The molecular formula is C17H13N3O. The summed E-state index contributed by atoms with van der Waals surface area (Å²) in [6.07, 6.45) is 1.78. The average molecular weight is 275 g/mol. The summed E-state index contributed by atoms with van der Waals surface area (Å²) >= 11 is 0. The Bertz CT molecular complexity index is 1010. The van der Waals surface area contributed by atoms with Gasteiger partial charge in [-0.15, -0.1) is 0 Å². The molecule has 0 spiro atoms. The highest BCUT2D eigenvalue weighted by molar-refractivity contribution is 5.91. The van der Waals surface area contributed by atoms with Crippen LogP contribution >= 0.6 is 0 Å². The first-order chi connectivity index (χ1) is 10.2. The summed E-state index contributed by atoms with van der Waals surface area (Å²) in [5.41, 5.74) is 4.32. The number of aryl methyl sites for hydroxylation is 1. The van der Waals surface area contributed by atoms with Crippen LogP contribution in [-0.2, 0) is 0 Å². The van der Waals surface area contributed by atoms with Crippen LogP contribution in [0.4, 0.5) is 0 Å². The van der Waals surface area contributed by atoms with E-state index < -0.39 is 0 Å². The van der Waals surface area contributed by atoms with Gasteiger partial charge in [0.05, 0.1) is 11.2 Å². The van der Waals surface area contributed by atoms with E-state index in [2.05, 4.69) is 9.97 Å². The number of benzene rings is 2. The molecule has 0 saturated carbocycles. The number of hydrogen-bond acceptors (Lipinski definition) is 2. The summed E-state index contributed by atoms with van der Waals surface area (Å²) in [7, 11) is 0. The minimum absolute atomic E-state index is 0.172. The number of hydrogen-bond donors (Lipinski definition) is 1. The molecule has 1 N–H and O–H groups in total. The molecule has 2 heterocycles. The number of nitrogens with one attached hydrogen (secondary N) is 1. The summed E-state index contributed by atoms with van der Waals surface area (Å²) < 4.78 is 1.57. The van der Waals surface area contributed by atoms with Gasteiger partial charge in [0.15, 0.2) is 5.65 Å². The molecule has 0 radical (unpaired) electrons. The van der Waals surface area contributed by atoms with Gasteiger partial charge in [0, 0.05) is 17.1 Å². The number of nitrogens with zero attached hydrogens (tertiary/aromatic N) is 2. The van der Waals surface area contributed by atoms with Crippen LogP contribution in [0, 0.1) is 6.92 Å². The monoisotopic (exact) mass is 275 g/mol. The van der Waals surface area contributed by atoms with Crippen molar-refractivity contribution in [2.45, 2.75) is 6.92 Å². The largest absolute Gasteiger partial charge is 0.331 e. The highest BCUT2D eigenvalue weighted by atomic mass is 16.1. The van der Waals surface area contributed by atoms with E-state index >= 15 is 0 Å². The lowest BCUT2D eigenvalue weighted by Crippen LogP contribution is -2.15. The summed E-state index contributed by atoms with van der Waals surface area (Å²) in [5.74, 6) is 0. The Kier molecular flexibility index (Phi) is 2.44. The van der Waals surface area contributed by atoms with Crippen molar-refractivity contribution in [1.29, 1.82) is 0 Å². The lowest BCUT2D eigenvalue weighted by Gasteiger charge is -1.98. The molecule has 0 unspecified atom stereocenters. The van der Waals surface area contributed by atoms with E-state index in [1.165, 1.54) is 5.56 Å². The number of imidazole rings is 1. The second-order valence-electron chi connectivity index (χ2n) is 5.16. The smallest absolute Gasteiger partial charge is 0.306 e. The molecule has 2 aromatic carbocycles. The van der Waals surface area contributed by atoms with E-state index in [1.54, 1.807) is 10.6 Å². The second-order valence-corrected chi connectivity index (χ2v) is 5.16. The molecule has 0 bridgehead atoms. The summed E-state index contributed by atoms with van der Waals surface area (Å²) in [4.78, 5) is 19.7. The Labute approximate surface area is 120 Å². The fraction of sp³-hybridized carbons (Fsp3) is 0.0588. The molecule has 4 aromatic rings. The number of aromatic nitrogens is 3. The molecule has 0 saturated heterocycles. The third-order valence-electron chi connectivity index (χ3n) is 3.68. The van der Waals surface area contributed by atoms with Crippen molar-refractivity contribution in [2.24, 2.45) is 0 Å². The summed E-state index contributed by atoms with van der Waals surface area (Å²) in [6.45, 7) is 2.05.